The summed E-state index contributed by atoms with van der Waals surface area (Å²) in [7, 11) is 1.65. The molecule has 0 amide bonds. The van der Waals surface area contributed by atoms with Crippen LogP contribution in [0.25, 0.3) is 5.70 Å². The summed E-state index contributed by atoms with van der Waals surface area (Å²) in [5, 5.41) is 15.0. The van der Waals surface area contributed by atoms with Crippen molar-refractivity contribution in [1.82, 2.24) is 10.2 Å². The van der Waals surface area contributed by atoms with Crippen LogP contribution in [0, 0.1) is 0 Å². The van der Waals surface area contributed by atoms with E-state index >= 15 is 0 Å². The Morgan fingerprint density at radius 2 is 2.19 bits per heavy atom. The molecule has 1 rings (SSSR count). The summed E-state index contributed by atoms with van der Waals surface area (Å²) in [6.45, 7) is 3.60. The second kappa shape index (κ2) is 4.61. The molecule has 6 heteroatoms. The molecule has 1 aromatic heterocycles. The Morgan fingerprint density at radius 1 is 1.56 bits per heavy atom. The molecule has 0 aromatic carbocycles. The molecule has 0 aliphatic carbocycles. The Morgan fingerprint density at radius 3 is 2.69 bits per heavy atom. The van der Waals surface area contributed by atoms with Crippen molar-refractivity contribution in [1.29, 1.82) is 0 Å². The van der Waals surface area contributed by atoms with Crippen molar-refractivity contribution >= 4 is 17.4 Å². The molecule has 0 fully saturated rings. The largest absolute Gasteiger partial charge is 0.477 e. The summed E-state index contributed by atoms with van der Waals surface area (Å²) in [6.07, 6.45) is 1.39. The van der Waals surface area contributed by atoms with Gasteiger partial charge in [-0.2, -0.15) is 5.10 Å². The van der Waals surface area contributed by atoms with E-state index in [0.717, 1.165) is 11.3 Å². The van der Waals surface area contributed by atoms with Crippen LogP contribution < -0.4 is 5.73 Å². The lowest BCUT2D eigenvalue weighted by atomic mass is 10.1. The monoisotopic (exact) mass is 222 g/mol. The first-order chi connectivity index (χ1) is 7.49. The van der Waals surface area contributed by atoms with Crippen molar-refractivity contribution < 1.29 is 9.90 Å². The van der Waals surface area contributed by atoms with Gasteiger partial charge in [0.05, 0.1) is 11.8 Å². The van der Waals surface area contributed by atoms with Gasteiger partial charge in [-0.3, -0.25) is 10.1 Å². The zero-order valence-corrected chi connectivity index (χ0v) is 9.40. The predicted octanol–water partition coefficient (Wildman–Crippen LogP) is 0.888. The summed E-state index contributed by atoms with van der Waals surface area (Å²) in [5.41, 5.74) is 8.11. The fourth-order valence-corrected chi connectivity index (χ4v) is 1.22. The number of hydrogen-bond donors (Lipinski definition) is 3. The van der Waals surface area contributed by atoms with Crippen molar-refractivity contribution in [2.24, 2.45) is 10.7 Å². The summed E-state index contributed by atoms with van der Waals surface area (Å²) >= 11 is 0. The van der Waals surface area contributed by atoms with Crippen LogP contribution in [0.2, 0.25) is 0 Å². The molecule has 1 aromatic rings. The van der Waals surface area contributed by atoms with Crippen LogP contribution in [0.15, 0.2) is 16.8 Å². The Bertz CT molecular complexity index is 471. The molecule has 0 spiro atoms. The fourth-order valence-electron chi connectivity index (χ4n) is 1.22. The second-order valence-electron chi connectivity index (χ2n) is 3.31. The molecule has 86 valence electrons. The minimum absolute atomic E-state index is 0.0132. The molecule has 0 atom stereocenters. The van der Waals surface area contributed by atoms with Gasteiger partial charge in [0.15, 0.2) is 5.69 Å². The molecule has 4 N–H and O–H groups in total. The van der Waals surface area contributed by atoms with Crippen molar-refractivity contribution in [2.75, 3.05) is 7.05 Å². The first-order valence-electron chi connectivity index (χ1n) is 4.66. The Hall–Kier alpha value is -2.11. The number of rotatable bonds is 3. The molecule has 0 aliphatic rings. The zero-order valence-electron chi connectivity index (χ0n) is 9.40. The van der Waals surface area contributed by atoms with Gasteiger partial charge >= 0.3 is 5.97 Å². The predicted molar refractivity (Wildman–Crippen MR) is 61.4 cm³/mol. The first-order valence-corrected chi connectivity index (χ1v) is 4.66. The van der Waals surface area contributed by atoms with Crippen LogP contribution in [-0.2, 0) is 0 Å². The van der Waals surface area contributed by atoms with Gasteiger partial charge in [-0.15, -0.1) is 0 Å². The van der Waals surface area contributed by atoms with Crippen molar-refractivity contribution in [3.63, 3.8) is 0 Å². The van der Waals surface area contributed by atoms with E-state index in [2.05, 4.69) is 15.2 Å². The number of hydrogen-bond acceptors (Lipinski definition) is 4. The number of nitrogens with zero attached hydrogens (tertiary/aromatic N) is 2. The third-order valence-corrected chi connectivity index (χ3v) is 2.43. The van der Waals surface area contributed by atoms with Crippen LogP contribution in [0.3, 0.4) is 0 Å². The lowest BCUT2D eigenvalue weighted by Gasteiger charge is -2.06. The SMILES string of the molecule is CN=C(C)C(C)=C(N)c1cn[nH]c1C(=O)O. The van der Waals surface area contributed by atoms with E-state index < -0.39 is 5.97 Å². The van der Waals surface area contributed by atoms with Gasteiger partial charge in [-0.05, 0) is 19.4 Å². The number of carbonyl (C=O) groups is 1. The summed E-state index contributed by atoms with van der Waals surface area (Å²) in [4.78, 5) is 14.9. The standard InChI is InChI=1S/C10H14N4O2/c1-5(6(2)12-3)8(11)7-4-13-14-9(7)10(15)16/h4H,11H2,1-3H3,(H,13,14)(H,15,16). The molecule has 0 radical (unpaired) electrons. The third-order valence-electron chi connectivity index (χ3n) is 2.43. The number of aromatic nitrogens is 2. The van der Waals surface area contributed by atoms with Gasteiger partial charge < -0.3 is 10.8 Å². The smallest absolute Gasteiger partial charge is 0.354 e. The van der Waals surface area contributed by atoms with Crippen LogP contribution in [0.5, 0.6) is 0 Å². The van der Waals surface area contributed by atoms with E-state index in [4.69, 9.17) is 10.8 Å². The molecular weight excluding hydrogens is 208 g/mol. The summed E-state index contributed by atoms with van der Waals surface area (Å²) in [5.74, 6) is -1.09. The number of carboxylic acids is 1. The van der Waals surface area contributed by atoms with E-state index in [1.165, 1.54) is 6.20 Å². The Balaban J connectivity index is 3.29. The molecule has 0 unspecified atom stereocenters. The van der Waals surface area contributed by atoms with Gasteiger partial charge in [-0.25, -0.2) is 4.79 Å². The molecule has 6 nitrogen and oxygen atoms in total. The maximum atomic E-state index is 10.9. The first kappa shape index (κ1) is 12.0. The van der Waals surface area contributed by atoms with Crippen molar-refractivity contribution in [3.8, 4) is 0 Å². The number of nitrogens with two attached hydrogens (primary N) is 1. The number of H-pyrrole nitrogens is 1. The van der Waals surface area contributed by atoms with Gasteiger partial charge in [-0.1, -0.05) is 0 Å². The molecule has 0 aliphatic heterocycles. The number of aromatic carboxylic acids is 1. The summed E-state index contributed by atoms with van der Waals surface area (Å²) < 4.78 is 0. The highest BCUT2D eigenvalue weighted by molar-refractivity contribution is 6.05. The van der Waals surface area contributed by atoms with Crippen molar-refractivity contribution in [3.05, 3.63) is 23.0 Å². The minimum Gasteiger partial charge on any atom is -0.477 e. The number of aromatic amines is 1. The molecule has 1 heterocycles. The summed E-state index contributed by atoms with van der Waals surface area (Å²) in [6, 6.07) is 0. The average molecular weight is 222 g/mol. The van der Waals surface area contributed by atoms with Crippen LogP contribution in [0.1, 0.15) is 29.9 Å². The number of allylic oxidation sites excluding steroid dienone is 1. The van der Waals surface area contributed by atoms with Crippen molar-refractivity contribution in [2.45, 2.75) is 13.8 Å². The number of nitrogens with one attached hydrogen (secondary N) is 1. The fraction of sp³-hybridized carbons (Fsp3) is 0.300. The highest BCUT2D eigenvalue weighted by atomic mass is 16.4. The zero-order chi connectivity index (χ0) is 12.3. The number of aliphatic imine (C=N–C) groups is 1. The van der Waals surface area contributed by atoms with Crippen LogP contribution >= 0.6 is 0 Å². The molecule has 0 saturated heterocycles. The van der Waals surface area contributed by atoms with Gasteiger partial charge in [0.25, 0.3) is 0 Å². The van der Waals surface area contributed by atoms with Gasteiger partial charge in [0.1, 0.15) is 0 Å². The second-order valence-corrected chi connectivity index (χ2v) is 3.31. The Labute approximate surface area is 92.9 Å². The lowest BCUT2D eigenvalue weighted by molar-refractivity contribution is 0.0690. The quantitative estimate of drug-likeness (QED) is 0.660. The minimum atomic E-state index is -1.09. The van der Waals surface area contributed by atoms with Crippen LogP contribution in [0.4, 0.5) is 0 Å². The van der Waals surface area contributed by atoms with E-state index in [1.54, 1.807) is 14.0 Å². The topological polar surface area (TPSA) is 104 Å². The van der Waals surface area contributed by atoms with Gasteiger partial charge in [0.2, 0.25) is 0 Å². The lowest BCUT2D eigenvalue weighted by Crippen LogP contribution is -2.09. The van der Waals surface area contributed by atoms with Gasteiger partial charge in [0, 0.05) is 18.5 Å². The molecule has 16 heavy (non-hydrogen) atoms. The van der Waals surface area contributed by atoms with E-state index in [-0.39, 0.29) is 5.69 Å². The maximum absolute atomic E-state index is 10.9. The third kappa shape index (κ3) is 2.10. The number of carboxylic acid groups (broad SMARTS) is 1. The highest BCUT2D eigenvalue weighted by Gasteiger charge is 2.16. The normalized spacial score (nSPS) is 13.6. The van der Waals surface area contributed by atoms with E-state index in [9.17, 15) is 4.79 Å². The maximum Gasteiger partial charge on any atom is 0.354 e. The average Bonchev–Trinajstić information content (AvgIpc) is 2.74. The molecular formula is C10H14N4O2. The Kier molecular flexibility index (Phi) is 3.44. The van der Waals surface area contributed by atoms with E-state index in [1.807, 2.05) is 6.92 Å². The molecule has 0 saturated carbocycles. The van der Waals surface area contributed by atoms with Crippen LogP contribution in [-0.4, -0.2) is 34.0 Å². The van der Waals surface area contributed by atoms with E-state index in [0.29, 0.717) is 11.3 Å². The highest BCUT2D eigenvalue weighted by Crippen LogP contribution is 2.17. The molecule has 0 bridgehead atoms.